The molecule has 7 aliphatic rings. The minimum atomic E-state index is -2.99. The average molecular weight is 1510 g/mol. The fourth-order valence-corrected chi connectivity index (χ4v) is 15.2. The molecule has 7 aliphatic carbocycles. The molecule has 628 valence electrons. The van der Waals surface area contributed by atoms with Crippen molar-refractivity contribution in [3.63, 3.8) is 0 Å². The van der Waals surface area contributed by atoms with Crippen LogP contribution in [0.3, 0.4) is 0 Å². The predicted molar refractivity (Wildman–Crippen MR) is 459 cm³/mol. The SMILES string of the molecule is CC(=O)N(CCCCC(C)C)CC1CC1.CC(C)CCCCCCC1CC1.CC(C)CCCCN(CC1CC1)S(C)(=O)=O.CC(C)CCCCN(CCO)CC1CC1.CCC(CCCN(C)CC1CC1)C(C)C.COCC(CCCN(C)CC1CC1)C(C)C.COCCN(CCCCC(C)C)CC1CC1. The summed E-state index contributed by atoms with van der Waals surface area (Å²) in [6.07, 6.45) is 51.9. The zero-order chi connectivity index (χ0) is 78.4. The number of nitrogens with zero attached hydrogens (tertiary/aromatic N) is 6. The predicted octanol–water partition coefficient (Wildman–Crippen LogP) is 22.5. The molecule has 7 saturated carbocycles. The van der Waals surface area contributed by atoms with E-state index in [-0.39, 0.29) is 5.91 Å². The standard InChI is InChI=1S/2C14H29NO.C14H29N.C13H25NO.C13H27NO.C12H25NO2S.C12H24/c1-12(2)14(11-16-4)6-5-9-15(3)10-13-7-8-13;1-13(2)6-4-5-9-15(10-11-16-3)12-14-7-8-14;1-5-14(12(2)3)7-6-10-15(4)11-13-8-9-13;1-11(2)6-4-5-9-14(12(3)15)10-13-7-8-13;1-12(2)5-3-4-8-14(9-10-15)11-13-6-7-13;1-11(2)6-4-5-9-13(16(3,14)15)10-12-7-8-12;1-11(2)7-5-3-4-6-8-12-9-10-12/h12-14H,5-11H2,1-4H3;13-14H,4-12H2,1-3H3;12-14H,5-11H2,1-4H3;11,13H,4-10H2,1-3H3;12-13,15H,3-11H2,1-2H3;11-12H,4-10H2,1-3H3;11-12H,3-10H2,1-2H3. The molecule has 0 heterocycles. The maximum atomic E-state index is 11.5. The van der Waals surface area contributed by atoms with Crippen molar-refractivity contribution in [3.05, 3.63) is 0 Å². The van der Waals surface area contributed by atoms with Gasteiger partial charge in [0.15, 0.2) is 0 Å². The fourth-order valence-electron chi connectivity index (χ4n) is 14.2. The van der Waals surface area contributed by atoms with Crippen LogP contribution < -0.4 is 0 Å². The lowest BCUT2D eigenvalue weighted by Crippen LogP contribution is -2.32. The second-order valence-electron chi connectivity index (χ2n) is 38.1. The second-order valence-corrected chi connectivity index (χ2v) is 40.1. The van der Waals surface area contributed by atoms with E-state index >= 15 is 0 Å². The van der Waals surface area contributed by atoms with Crippen molar-refractivity contribution in [2.45, 2.75) is 348 Å². The largest absolute Gasteiger partial charge is 0.395 e. The topological polar surface area (TPSA) is 109 Å². The molecule has 2 unspecified atom stereocenters. The molecule has 2 atom stereocenters. The Hall–Kier alpha value is -0.900. The molecule has 12 nitrogen and oxygen atoms in total. The summed E-state index contributed by atoms with van der Waals surface area (Å²) in [5, 5.41) is 8.97. The van der Waals surface area contributed by atoms with Crippen LogP contribution in [0, 0.1) is 94.7 Å². The monoisotopic (exact) mass is 1510 g/mol. The Morgan fingerprint density at radius 3 is 1.10 bits per heavy atom. The lowest BCUT2D eigenvalue weighted by atomic mass is 9.89. The molecule has 13 heteroatoms. The number of amides is 1. The van der Waals surface area contributed by atoms with Gasteiger partial charge in [-0.1, -0.05) is 213 Å². The fraction of sp³-hybridized carbons (Fsp3) is 0.989. The summed E-state index contributed by atoms with van der Waals surface area (Å²) in [6.45, 7) is 53.9. The maximum absolute atomic E-state index is 11.5. The Balaban J connectivity index is 0.000000613. The van der Waals surface area contributed by atoms with E-state index in [9.17, 15) is 13.2 Å². The van der Waals surface area contributed by atoms with Gasteiger partial charge in [-0.25, -0.2) is 12.7 Å². The molecule has 0 bridgehead atoms. The number of carbonyl (C=O) groups excluding carboxylic acids is 1. The van der Waals surface area contributed by atoms with Crippen LogP contribution in [-0.4, -0.2) is 194 Å². The van der Waals surface area contributed by atoms with E-state index in [2.05, 4.69) is 138 Å². The van der Waals surface area contributed by atoms with Crippen LogP contribution in [-0.2, 0) is 24.3 Å². The Kier molecular flexibility index (Phi) is 61.7. The van der Waals surface area contributed by atoms with E-state index in [4.69, 9.17) is 14.6 Å². The summed E-state index contributed by atoms with van der Waals surface area (Å²) in [5.41, 5.74) is 0. The van der Waals surface area contributed by atoms with Gasteiger partial charge in [0.25, 0.3) is 0 Å². The van der Waals surface area contributed by atoms with E-state index in [1.54, 1.807) is 18.3 Å². The molecule has 0 spiro atoms. The first kappa shape index (κ1) is 102. The Labute approximate surface area is 657 Å². The molecule has 1 amide bonds. The normalized spacial score (nSPS) is 17.2. The van der Waals surface area contributed by atoms with Crippen molar-refractivity contribution < 1.29 is 27.8 Å². The van der Waals surface area contributed by atoms with Crippen molar-refractivity contribution in [3.8, 4) is 0 Å². The lowest BCUT2D eigenvalue weighted by molar-refractivity contribution is -0.129. The highest BCUT2D eigenvalue weighted by Gasteiger charge is 2.30. The zero-order valence-electron chi connectivity index (χ0n) is 74.5. The number of hydrogen-bond acceptors (Lipinski definition) is 10. The summed E-state index contributed by atoms with van der Waals surface area (Å²) in [4.78, 5) is 23.5. The number of ether oxygens (including phenoxy) is 2. The van der Waals surface area contributed by atoms with Gasteiger partial charge in [0, 0.05) is 93.2 Å². The van der Waals surface area contributed by atoms with Crippen molar-refractivity contribution in [1.82, 2.24) is 28.8 Å². The Morgan fingerprint density at radius 2 is 0.743 bits per heavy atom. The van der Waals surface area contributed by atoms with Gasteiger partial charge in [-0.15, -0.1) is 0 Å². The first-order valence-electron chi connectivity index (χ1n) is 45.6. The molecule has 0 radical (unpaired) electrons. The van der Waals surface area contributed by atoms with Crippen molar-refractivity contribution in [1.29, 1.82) is 0 Å². The smallest absolute Gasteiger partial charge is 0.219 e. The van der Waals surface area contributed by atoms with E-state index in [0.29, 0.717) is 19.1 Å². The van der Waals surface area contributed by atoms with Gasteiger partial charge in [-0.3, -0.25) is 4.79 Å². The molecule has 0 aromatic rings. The third kappa shape index (κ3) is 69.5. The molecular weight excluding hydrogens is 1320 g/mol. The summed E-state index contributed by atoms with van der Waals surface area (Å²) in [6, 6.07) is 0. The number of methoxy groups -OCH3 is 2. The Bertz CT molecular complexity index is 2040. The van der Waals surface area contributed by atoms with Gasteiger partial charge < -0.3 is 39.1 Å². The molecule has 0 saturated heterocycles. The quantitative estimate of drug-likeness (QED) is 0.0591. The first-order valence-corrected chi connectivity index (χ1v) is 47.4. The zero-order valence-corrected chi connectivity index (χ0v) is 75.3. The summed E-state index contributed by atoms with van der Waals surface area (Å²) in [5.74, 6) is 14.3. The minimum Gasteiger partial charge on any atom is -0.395 e. The maximum Gasteiger partial charge on any atom is 0.219 e. The Morgan fingerprint density at radius 1 is 0.390 bits per heavy atom. The highest BCUT2D eigenvalue weighted by molar-refractivity contribution is 7.88. The highest BCUT2D eigenvalue weighted by Crippen LogP contribution is 2.36. The number of aliphatic hydroxyl groups excluding tert-OH is 1. The average Bonchev–Trinajstić information content (AvgIpc) is 1.71. The molecule has 1 N–H and O–H groups in total. The van der Waals surface area contributed by atoms with Gasteiger partial charge in [-0.2, -0.15) is 0 Å². The molecule has 0 aromatic carbocycles. The summed E-state index contributed by atoms with van der Waals surface area (Å²) in [7, 11) is 5.18. The molecule has 7 fully saturated rings. The number of unbranched alkanes of at least 4 members (excludes halogenated alkanes) is 7. The van der Waals surface area contributed by atoms with E-state index in [0.717, 1.165) is 148 Å². The van der Waals surface area contributed by atoms with Gasteiger partial charge in [0.1, 0.15) is 0 Å². The van der Waals surface area contributed by atoms with Crippen molar-refractivity contribution >= 4 is 15.9 Å². The summed E-state index contributed by atoms with van der Waals surface area (Å²) >= 11 is 0. The van der Waals surface area contributed by atoms with Crippen LogP contribution in [0.5, 0.6) is 0 Å². The van der Waals surface area contributed by atoms with Gasteiger partial charge >= 0.3 is 0 Å². The molecule has 0 aromatic heterocycles. The van der Waals surface area contributed by atoms with Crippen LogP contribution in [0.25, 0.3) is 0 Å². The number of carbonyl (C=O) groups is 1. The number of hydrogen-bond donors (Lipinski definition) is 1. The van der Waals surface area contributed by atoms with Crippen LogP contribution >= 0.6 is 0 Å². The van der Waals surface area contributed by atoms with Gasteiger partial charge in [-0.05, 0) is 263 Å². The lowest BCUT2D eigenvalue weighted by Gasteiger charge is -2.22. The number of rotatable bonds is 58. The number of aliphatic hydroxyl groups is 1. The van der Waals surface area contributed by atoms with Crippen LogP contribution in [0.15, 0.2) is 0 Å². The van der Waals surface area contributed by atoms with E-state index < -0.39 is 10.0 Å². The second kappa shape index (κ2) is 63.5. The molecular formula is C92H188N6O6S. The van der Waals surface area contributed by atoms with Gasteiger partial charge in [0.2, 0.25) is 15.9 Å². The molecule has 7 rings (SSSR count). The first-order chi connectivity index (χ1) is 50.0. The number of sulfonamides is 1. The van der Waals surface area contributed by atoms with E-state index in [1.165, 1.54) is 283 Å². The molecule has 0 aliphatic heterocycles. The molecule has 105 heavy (non-hydrogen) atoms. The third-order valence-corrected chi connectivity index (χ3v) is 24.3. The van der Waals surface area contributed by atoms with Crippen LogP contribution in [0.1, 0.15) is 348 Å². The van der Waals surface area contributed by atoms with Crippen LogP contribution in [0.4, 0.5) is 0 Å². The third-order valence-electron chi connectivity index (χ3n) is 23.0. The highest BCUT2D eigenvalue weighted by atomic mass is 32.2. The summed E-state index contributed by atoms with van der Waals surface area (Å²) < 4.78 is 35.2. The van der Waals surface area contributed by atoms with Gasteiger partial charge in [0.05, 0.1) is 19.5 Å². The van der Waals surface area contributed by atoms with Crippen molar-refractivity contribution in [2.24, 2.45) is 94.7 Å². The van der Waals surface area contributed by atoms with E-state index in [1.807, 2.05) is 12.0 Å². The minimum absolute atomic E-state index is 0.256. The van der Waals surface area contributed by atoms with Crippen molar-refractivity contribution in [2.75, 3.05) is 146 Å². The van der Waals surface area contributed by atoms with Crippen LogP contribution in [0.2, 0.25) is 0 Å².